The van der Waals surface area contributed by atoms with E-state index in [2.05, 4.69) is 5.32 Å². The first kappa shape index (κ1) is 19.0. The zero-order chi connectivity index (χ0) is 18.7. The summed E-state index contributed by atoms with van der Waals surface area (Å²) in [6, 6.07) is 4.95. The molecule has 142 valence electrons. The molecule has 0 unspecified atom stereocenters. The first-order valence-electron chi connectivity index (χ1n) is 8.51. The van der Waals surface area contributed by atoms with Crippen LogP contribution in [0.3, 0.4) is 0 Å². The van der Waals surface area contributed by atoms with Gasteiger partial charge in [0.15, 0.2) is 5.11 Å². The molecule has 0 aromatic heterocycles. The van der Waals surface area contributed by atoms with Crippen LogP contribution < -0.4 is 15.1 Å². The van der Waals surface area contributed by atoms with Crippen molar-refractivity contribution in [3.63, 3.8) is 0 Å². The summed E-state index contributed by atoms with van der Waals surface area (Å²) >= 11 is 7.04. The number of thioether (sulfide) groups is 1. The Morgan fingerprint density at radius 3 is 2.81 bits per heavy atom. The van der Waals surface area contributed by atoms with E-state index < -0.39 is 6.09 Å². The van der Waals surface area contributed by atoms with Gasteiger partial charge in [0.05, 0.1) is 24.5 Å². The molecule has 1 amide bonds. The molecule has 3 rings (SSSR count). The summed E-state index contributed by atoms with van der Waals surface area (Å²) in [6.07, 6.45) is -0.795. The molecule has 1 aromatic rings. The second-order valence-corrected chi connectivity index (χ2v) is 8.04. The molecule has 2 saturated heterocycles. The summed E-state index contributed by atoms with van der Waals surface area (Å²) in [4.78, 5) is 17.4. The first-order chi connectivity index (χ1) is 12.5. The minimum atomic E-state index is -0.464. The molecule has 1 aromatic carbocycles. The Hall–Kier alpha value is -1.74. The number of ether oxygens (including phenoxy) is 1. The normalized spacial score (nSPS) is 20.1. The van der Waals surface area contributed by atoms with Gasteiger partial charge in [-0.2, -0.15) is 11.8 Å². The van der Waals surface area contributed by atoms with Crippen molar-refractivity contribution in [2.75, 3.05) is 61.6 Å². The third kappa shape index (κ3) is 4.32. The zero-order valence-corrected chi connectivity index (χ0v) is 16.5. The molecule has 2 fully saturated rings. The highest BCUT2D eigenvalue weighted by atomic mass is 32.2. The van der Waals surface area contributed by atoms with Crippen molar-refractivity contribution >= 4 is 46.6 Å². The molecule has 26 heavy (non-hydrogen) atoms. The summed E-state index contributed by atoms with van der Waals surface area (Å²) in [6.45, 7) is 2.46. The Bertz CT molecular complexity index is 683. The summed E-state index contributed by atoms with van der Waals surface area (Å²) in [7, 11) is 3.68. The van der Waals surface area contributed by atoms with E-state index in [4.69, 9.17) is 17.0 Å². The summed E-state index contributed by atoms with van der Waals surface area (Å²) in [5.74, 6) is 1.70. The van der Waals surface area contributed by atoms with E-state index in [-0.39, 0.29) is 11.9 Å². The number of rotatable bonds is 4. The minimum Gasteiger partial charge on any atom is -0.442 e. The largest absolute Gasteiger partial charge is 0.442 e. The molecule has 0 aliphatic carbocycles. The highest BCUT2D eigenvalue weighted by Crippen LogP contribution is 2.29. The number of anilines is 2. The predicted molar refractivity (Wildman–Crippen MR) is 108 cm³/mol. The third-order valence-corrected chi connectivity index (χ3v) is 5.81. The van der Waals surface area contributed by atoms with Crippen LogP contribution in [0, 0.1) is 5.82 Å². The quantitative estimate of drug-likeness (QED) is 0.780. The molecule has 2 aliphatic rings. The van der Waals surface area contributed by atoms with Crippen molar-refractivity contribution in [2.45, 2.75) is 6.10 Å². The molecule has 1 atom stereocenters. The number of hydrogen-bond donors (Lipinski definition) is 1. The molecular weight excluding hydrogens is 375 g/mol. The Morgan fingerprint density at radius 1 is 1.42 bits per heavy atom. The van der Waals surface area contributed by atoms with Crippen LogP contribution in [-0.2, 0) is 4.74 Å². The van der Waals surface area contributed by atoms with Crippen molar-refractivity contribution in [3.8, 4) is 0 Å². The highest BCUT2D eigenvalue weighted by Gasteiger charge is 2.33. The second-order valence-electron chi connectivity index (χ2n) is 6.43. The molecule has 2 aliphatic heterocycles. The monoisotopic (exact) mass is 398 g/mol. The number of cyclic esters (lactones) is 1. The van der Waals surface area contributed by atoms with E-state index >= 15 is 0 Å². The van der Waals surface area contributed by atoms with Crippen molar-refractivity contribution in [3.05, 3.63) is 24.0 Å². The summed E-state index contributed by atoms with van der Waals surface area (Å²) in [5, 5.41) is 3.63. The smallest absolute Gasteiger partial charge is 0.414 e. The molecule has 0 bridgehead atoms. The molecule has 2 heterocycles. The van der Waals surface area contributed by atoms with E-state index in [9.17, 15) is 9.18 Å². The number of amides is 1. The van der Waals surface area contributed by atoms with Crippen molar-refractivity contribution in [1.82, 2.24) is 10.2 Å². The fourth-order valence-corrected chi connectivity index (χ4v) is 3.91. The van der Waals surface area contributed by atoms with Gasteiger partial charge in [0.1, 0.15) is 11.9 Å². The third-order valence-electron chi connectivity index (χ3n) is 4.36. The molecule has 0 spiro atoms. The zero-order valence-electron chi connectivity index (χ0n) is 14.9. The van der Waals surface area contributed by atoms with Crippen molar-refractivity contribution in [2.24, 2.45) is 0 Å². The van der Waals surface area contributed by atoms with Crippen LogP contribution in [-0.4, -0.2) is 74.0 Å². The first-order valence-corrected chi connectivity index (χ1v) is 10.1. The Balaban J connectivity index is 1.64. The molecule has 6 nitrogen and oxygen atoms in total. The second kappa shape index (κ2) is 8.30. The molecule has 9 heteroatoms. The van der Waals surface area contributed by atoms with Crippen molar-refractivity contribution < 1.29 is 13.9 Å². The van der Waals surface area contributed by atoms with Gasteiger partial charge in [-0.15, -0.1) is 0 Å². The number of nitrogens with one attached hydrogen (secondary N) is 1. The number of thiocarbonyl (C=S) groups is 1. The summed E-state index contributed by atoms with van der Waals surface area (Å²) < 4.78 is 19.9. The van der Waals surface area contributed by atoms with Crippen molar-refractivity contribution in [1.29, 1.82) is 0 Å². The fraction of sp³-hybridized carbons (Fsp3) is 0.529. The number of carbonyl (C=O) groups excluding carboxylic acids is 1. The Morgan fingerprint density at radius 2 is 2.15 bits per heavy atom. The number of carbonyl (C=O) groups is 1. The standard InChI is InChI=1S/C17H23FN4O2S2/c1-20(2)16(25)19-10-13-11-22(17(23)24-13)12-3-4-15(14(18)9-12)21-5-7-26-8-6-21/h3-4,9,13H,5-8,10-11H2,1-2H3,(H,19,25)/t13-/m0/s1. The van der Waals surface area contributed by atoms with Gasteiger partial charge in [0.2, 0.25) is 0 Å². The lowest BCUT2D eigenvalue weighted by atomic mass is 10.2. The highest BCUT2D eigenvalue weighted by molar-refractivity contribution is 7.99. The van der Waals surface area contributed by atoms with E-state index in [0.717, 1.165) is 24.6 Å². The lowest BCUT2D eigenvalue weighted by Gasteiger charge is -2.29. The maximum Gasteiger partial charge on any atom is 0.414 e. The topological polar surface area (TPSA) is 48.0 Å². The van der Waals surface area contributed by atoms with Gasteiger partial charge < -0.3 is 19.9 Å². The SMILES string of the molecule is CN(C)C(=S)NC[C@H]1CN(c2ccc(N3CCSCC3)c(F)c2)C(=O)O1. The minimum absolute atomic E-state index is 0.308. The van der Waals surface area contributed by atoms with E-state index in [0.29, 0.717) is 29.6 Å². The average molecular weight is 399 g/mol. The van der Waals surface area contributed by atoms with Crippen LogP contribution in [0.1, 0.15) is 0 Å². The molecule has 0 radical (unpaired) electrons. The number of halogens is 1. The van der Waals surface area contributed by atoms with E-state index in [1.165, 1.54) is 11.0 Å². The van der Waals surface area contributed by atoms with Gasteiger partial charge in [0.25, 0.3) is 0 Å². The van der Waals surface area contributed by atoms with Crippen LogP contribution in [0.15, 0.2) is 18.2 Å². The van der Waals surface area contributed by atoms with Crippen LogP contribution >= 0.6 is 24.0 Å². The predicted octanol–water partition coefficient (Wildman–Crippen LogP) is 2.14. The average Bonchev–Trinajstić information content (AvgIpc) is 3.01. The van der Waals surface area contributed by atoms with Crippen LogP contribution in [0.2, 0.25) is 0 Å². The Labute approximate surface area is 162 Å². The van der Waals surface area contributed by atoms with Crippen LogP contribution in [0.5, 0.6) is 0 Å². The fourth-order valence-electron chi connectivity index (χ4n) is 2.92. The van der Waals surface area contributed by atoms with Gasteiger partial charge in [-0.05, 0) is 30.4 Å². The maximum atomic E-state index is 14.6. The lowest BCUT2D eigenvalue weighted by Crippen LogP contribution is -2.40. The number of benzene rings is 1. The lowest BCUT2D eigenvalue weighted by molar-refractivity contribution is 0.142. The van der Waals surface area contributed by atoms with E-state index in [1.54, 1.807) is 17.0 Å². The Kier molecular flexibility index (Phi) is 6.08. The van der Waals surface area contributed by atoms with Gasteiger partial charge in [-0.1, -0.05) is 0 Å². The maximum absolute atomic E-state index is 14.6. The number of nitrogens with zero attached hydrogens (tertiary/aromatic N) is 3. The van der Waals surface area contributed by atoms with Gasteiger partial charge in [0, 0.05) is 38.7 Å². The summed E-state index contributed by atoms with van der Waals surface area (Å²) in [5.41, 5.74) is 1.11. The molecule has 0 saturated carbocycles. The van der Waals surface area contributed by atoms with Gasteiger partial charge >= 0.3 is 6.09 Å². The molecule has 1 N–H and O–H groups in total. The van der Waals surface area contributed by atoms with Crippen LogP contribution in [0.25, 0.3) is 0 Å². The van der Waals surface area contributed by atoms with E-state index in [1.807, 2.05) is 30.8 Å². The van der Waals surface area contributed by atoms with Gasteiger partial charge in [-0.25, -0.2) is 9.18 Å². The molecular formula is C17H23FN4O2S2. The van der Waals surface area contributed by atoms with Gasteiger partial charge in [-0.3, -0.25) is 4.90 Å². The van der Waals surface area contributed by atoms with Crippen LogP contribution in [0.4, 0.5) is 20.6 Å². The number of hydrogen-bond acceptors (Lipinski definition) is 5.